The lowest BCUT2D eigenvalue weighted by Crippen LogP contribution is -2.50. The van der Waals surface area contributed by atoms with E-state index in [-0.39, 0.29) is 23.9 Å². The average Bonchev–Trinajstić information content (AvgIpc) is 3.01. The molecule has 2 amide bonds. The number of aryl methyl sites for hydroxylation is 1. The summed E-state index contributed by atoms with van der Waals surface area (Å²) in [6.45, 7) is 1.89. The molecule has 1 aliphatic heterocycles. The van der Waals surface area contributed by atoms with Crippen LogP contribution >= 0.6 is 0 Å². The number of fused-ring (bicyclic) bond motifs is 1. The molecule has 1 fully saturated rings. The molecule has 26 heavy (non-hydrogen) atoms. The van der Waals surface area contributed by atoms with E-state index < -0.39 is 0 Å². The van der Waals surface area contributed by atoms with Crippen molar-refractivity contribution in [2.75, 3.05) is 0 Å². The third-order valence-electron chi connectivity index (χ3n) is 4.93. The Hall–Kier alpha value is -3.08. The Morgan fingerprint density at radius 1 is 1.12 bits per heavy atom. The van der Waals surface area contributed by atoms with Crippen molar-refractivity contribution in [1.82, 2.24) is 10.6 Å². The molecule has 1 saturated heterocycles. The monoisotopic (exact) mass is 348 g/mol. The Morgan fingerprint density at radius 3 is 2.62 bits per heavy atom. The Labute approximate surface area is 151 Å². The van der Waals surface area contributed by atoms with Crippen molar-refractivity contribution in [3.8, 4) is 0 Å². The number of furan rings is 1. The SMILES string of the molecule is Cc1c(C(=O)N[C@H]2CCC(=O)N[C@H]2c2ccccc2)oc2ccccc12. The van der Waals surface area contributed by atoms with Crippen LogP contribution in [0.4, 0.5) is 0 Å². The molecule has 1 aromatic heterocycles. The molecule has 0 spiro atoms. The average molecular weight is 348 g/mol. The van der Waals surface area contributed by atoms with Gasteiger partial charge in [0, 0.05) is 17.4 Å². The van der Waals surface area contributed by atoms with Crippen LogP contribution in [0.15, 0.2) is 59.0 Å². The zero-order valence-corrected chi connectivity index (χ0v) is 14.5. The van der Waals surface area contributed by atoms with Crippen LogP contribution in [0.3, 0.4) is 0 Å². The molecule has 5 nitrogen and oxygen atoms in total. The topological polar surface area (TPSA) is 71.3 Å². The largest absolute Gasteiger partial charge is 0.451 e. The van der Waals surface area contributed by atoms with E-state index in [1.54, 1.807) is 0 Å². The summed E-state index contributed by atoms with van der Waals surface area (Å²) in [5, 5.41) is 6.99. The number of carbonyl (C=O) groups is 2. The molecule has 0 bridgehead atoms. The van der Waals surface area contributed by atoms with Crippen molar-refractivity contribution >= 4 is 22.8 Å². The molecule has 0 saturated carbocycles. The fourth-order valence-electron chi connectivity index (χ4n) is 3.56. The number of amides is 2. The lowest BCUT2D eigenvalue weighted by Gasteiger charge is -2.33. The first-order valence-corrected chi connectivity index (χ1v) is 8.77. The standard InChI is InChI=1S/C21H20N2O3/c1-13-15-9-5-6-10-17(15)26-20(13)21(25)22-16-11-12-18(24)23-19(16)14-7-3-2-4-8-14/h2-10,16,19H,11-12H2,1H3,(H,22,25)(H,23,24)/t16-,19-/m0/s1. The van der Waals surface area contributed by atoms with E-state index in [1.807, 2.05) is 61.5 Å². The van der Waals surface area contributed by atoms with Crippen LogP contribution in [0.25, 0.3) is 11.0 Å². The van der Waals surface area contributed by atoms with Crippen LogP contribution in [-0.2, 0) is 4.79 Å². The lowest BCUT2D eigenvalue weighted by atomic mass is 9.92. The Balaban J connectivity index is 1.60. The van der Waals surface area contributed by atoms with Crippen LogP contribution in [0.2, 0.25) is 0 Å². The van der Waals surface area contributed by atoms with E-state index in [1.165, 1.54) is 0 Å². The second-order valence-corrected chi connectivity index (χ2v) is 6.63. The summed E-state index contributed by atoms with van der Waals surface area (Å²) in [5.41, 5.74) is 2.51. The number of piperidine rings is 1. The minimum absolute atomic E-state index is 0.00395. The second-order valence-electron chi connectivity index (χ2n) is 6.63. The summed E-state index contributed by atoms with van der Waals surface area (Å²) in [5.74, 6) is 0.0833. The van der Waals surface area contributed by atoms with Gasteiger partial charge in [-0.1, -0.05) is 48.5 Å². The third-order valence-corrected chi connectivity index (χ3v) is 4.93. The van der Waals surface area contributed by atoms with Gasteiger partial charge in [0.25, 0.3) is 5.91 Å². The molecule has 0 aliphatic carbocycles. The molecule has 0 radical (unpaired) electrons. The molecular weight excluding hydrogens is 328 g/mol. The fraction of sp³-hybridized carbons (Fsp3) is 0.238. The van der Waals surface area contributed by atoms with E-state index in [0.717, 1.165) is 16.5 Å². The predicted molar refractivity (Wildman–Crippen MR) is 98.8 cm³/mol. The molecule has 2 heterocycles. The summed E-state index contributed by atoms with van der Waals surface area (Å²) in [4.78, 5) is 24.7. The zero-order chi connectivity index (χ0) is 18.1. The molecule has 4 rings (SSSR count). The highest BCUT2D eigenvalue weighted by molar-refractivity contribution is 5.99. The number of rotatable bonds is 3. The molecular formula is C21H20N2O3. The zero-order valence-electron chi connectivity index (χ0n) is 14.5. The summed E-state index contributed by atoms with van der Waals surface area (Å²) in [6, 6.07) is 16.9. The Bertz CT molecular complexity index is 962. The van der Waals surface area contributed by atoms with Crippen LogP contribution in [-0.4, -0.2) is 17.9 Å². The molecule has 1 aliphatic rings. The highest BCUT2D eigenvalue weighted by Crippen LogP contribution is 2.27. The van der Waals surface area contributed by atoms with Gasteiger partial charge in [-0.3, -0.25) is 9.59 Å². The van der Waals surface area contributed by atoms with Gasteiger partial charge in [0.1, 0.15) is 5.58 Å². The third kappa shape index (κ3) is 2.96. The molecule has 2 N–H and O–H groups in total. The number of nitrogens with one attached hydrogen (secondary N) is 2. The van der Waals surface area contributed by atoms with Crippen LogP contribution in [0, 0.1) is 6.92 Å². The Morgan fingerprint density at radius 2 is 1.85 bits per heavy atom. The predicted octanol–water partition coefficient (Wildman–Crippen LogP) is 3.49. The molecule has 2 aromatic carbocycles. The minimum atomic E-state index is -0.249. The summed E-state index contributed by atoms with van der Waals surface area (Å²) in [7, 11) is 0. The number of benzene rings is 2. The van der Waals surface area contributed by atoms with E-state index in [4.69, 9.17) is 4.42 Å². The smallest absolute Gasteiger partial charge is 0.287 e. The number of para-hydroxylation sites is 1. The minimum Gasteiger partial charge on any atom is -0.451 e. The van der Waals surface area contributed by atoms with Gasteiger partial charge < -0.3 is 15.1 Å². The number of carbonyl (C=O) groups excluding carboxylic acids is 2. The van der Waals surface area contributed by atoms with Gasteiger partial charge in [-0.2, -0.15) is 0 Å². The van der Waals surface area contributed by atoms with E-state index in [0.29, 0.717) is 24.2 Å². The molecule has 0 unspecified atom stereocenters. The maximum Gasteiger partial charge on any atom is 0.287 e. The molecule has 132 valence electrons. The highest BCUT2D eigenvalue weighted by Gasteiger charge is 2.32. The van der Waals surface area contributed by atoms with Gasteiger partial charge in [-0.05, 0) is 25.0 Å². The van der Waals surface area contributed by atoms with Crippen LogP contribution in [0.5, 0.6) is 0 Å². The first kappa shape index (κ1) is 16.4. The van der Waals surface area contributed by atoms with Crippen molar-refractivity contribution in [2.24, 2.45) is 0 Å². The van der Waals surface area contributed by atoms with Crippen LogP contribution < -0.4 is 10.6 Å². The first-order chi connectivity index (χ1) is 12.6. The Kier molecular flexibility index (Phi) is 4.21. The first-order valence-electron chi connectivity index (χ1n) is 8.77. The van der Waals surface area contributed by atoms with Gasteiger partial charge >= 0.3 is 0 Å². The van der Waals surface area contributed by atoms with Crippen molar-refractivity contribution in [1.29, 1.82) is 0 Å². The summed E-state index contributed by atoms with van der Waals surface area (Å²) in [6.07, 6.45) is 0.990. The van der Waals surface area contributed by atoms with E-state index in [9.17, 15) is 9.59 Å². The van der Waals surface area contributed by atoms with Gasteiger partial charge in [-0.25, -0.2) is 0 Å². The second kappa shape index (κ2) is 6.67. The van der Waals surface area contributed by atoms with Crippen molar-refractivity contribution < 1.29 is 14.0 Å². The summed E-state index contributed by atoms with van der Waals surface area (Å²) < 4.78 is 5.76. The van der Waals surface area contributed by atoms with Gasteiger partial charge in [-0.15, -0.1) is 0 Å². The lowest BCUT2D eigenvalue weighted by molar-refractivity contribution is -0.123. The quantitative estimate of drug-likeness (QED) is 0.761. The normalized spacial score (nSPS) is 20.0. The van der Waals surface area contributed by atoms with Gasteiger partial charge in [0.15, 0.2) is 5.76 Å². The maximum absolute atomic E-state index is 12.8. The molecule has 2 atom stereocenters. The fourth-order valence-corrected chi connectivity index (χ4v) is 3.56. The van der Waals surface area contributed by atoms with Gasteiger partial charge in [0.05, 0.1) is 12.1 Å². The van der Waals surface area contributed by atoms with Crippen LogP contribution in [0.1, 0.15) is 40.6 Å². The van der Waals surface area contributed by atoms with E-state index >= 15 is 0 Å². The van der Waals surface area contributed by atoms with Crippen molar-refractivity contribution in [2.45, 2.75) is 31.8 Å². The van der Waals surface area contributed by atoms with Gasteiger partial charge in [0.2, 0.25) is 5.91 Å². The highest BCUT2D eigenvalue weighted by atomic mass is 16.3. The number of hydrogen-bond acceptors (Lipinski definition) is 3. The molecule has 3 aromatic rings. The number of hydrogen-bond donors (Lipinski definition) is 2. The molecule has 5 heteroatoms. The van der Waals surface area contributed by atoms with Crippen molar-refractivity contribution in [3.63, 3.8) is 0 Å². The van der Waals surface area contributed by atoms with E-state index in [2.05, 4.69) is 10.6 Å². The van der Waals surface area contributed by atoms with Crippen molar-refractivity contribution in [3.05, 3.63) is 71.5 Å². The summed E-state index contributed by atoms with van der Waals surface area (Å²) >= 11 is 0. The maximum atomic E-state index is 12.8.